The maximum absolute atomic E-state index is 4.15. The lowest BCUT2D eigenvalue weighted by atomic mass is 9.93. The van der Waals surface area contributed by atoms with E-state index in [0.717, 1.165) is 32.6 Å². The summed E-state index contributed by atoms with van der Waals surface area (Å²) in [5.41, 5.74) is 2.70. The highest BCUT2D eigenvalue weighted by molar-refractivity contribution is 5.86. The summed E-state index contributed by atoms with van der Waals surface area (Å²) in [6.07, 6.45) is 1.04. The highest BCUT2D eigenvalue weighted by Crippen LogP contribution is 2.32. The first kappa shape index (κ1) is 20.0. The number of rotatable bonds is 4. The third kappa shape index (κ3) is 4.71. The molecular weight excluding hydrogens is 327 g/mol. The summed E-state index contributed by atoms with van der Waals surface area (Å²) in [5.74, 6) is 0. The quantitative estimate of drug-likeness (QED) is 0.809. The van der Waals surface area contributed by atoms with Crippen LogP contribution in [0.5, 0.6) is 0 Å². The van der Waals surface area contributed by atoms with Gasteiger partial charge in [-0.05, 0) is 29.7 Å². The molecule has 0 spiro atoms. The minimum absolute atomic E-state index is 0. The molecular formula is C19H26Cl2N2. The Bertz CT molecular complexity index is 631. The summed E-state index contributed by atoms with van der Waals surface area (Å²) >= 11 is 0. The van der Waals surface area contributed by atoms with Gasteiger partial charge < -0.3 is 5.32 Å². The van der Waals surface area contributed by atoms with E-state index in [1.54, 1.807) is 0 Å². The third-order valence-corrected chi connectivity index (χ3v) is 4.32. The second-order valence-corrected chi connectivity index (χ2v) is 6.03. The molecule has 1 saturated heterocycles. The molecule has 0 bridgehead atoms. The van der Waals surface area contributed by atoms with E-state index in [9.17, 15) is 0 Å². The zero-order valence-electron chi connectivity index (χ0n) is 13.6. The molecule has 0 aliphatic carbocycles. The second-order valence-electron chi connectivity index (χ2n) is 6.03. The van der Waals surface area contributed by atoms with Crippen molar-refractivity contribution in [3.63, 3.8) is 0 Å². The number of benzene rings is 2. The Morgan fingerprint density at radius 3 is 2.43 bits per heavy atom. The van der Waals surface area contributed by atoms with Crippen LogP contribution in [-0.4, -0.2) is 31.1 Å². The molecule has 1 aliphatic rings. The Hall–Kier alpha value is -1.06. The molecule has 0 amide bonds. The monoisotopic (exact) mass is 352 g/mol. The van der Waals surface area contributed by atoms with Crippen molar-refractivity contribution < 1.29 is 0 Å². The van der Waals surface area contributed by atoms with Gasteiger partial charge in [-0.15, -0.1) is 31.4 Å². The summed E-state index contributed by atoms with van der Waals surface area (Å²) in [5, 5.41) is 6.16. The van der Waals surface area contributed by atoms with Gasteiger partial charge in [-0.1, -0.05) is 48.0 Å². The highest BCUT2D eigenvalue weighted by Gasteiger charge is 2.23. The van der Waals surface area contributed by atoms with Gasteiger partial charge in [0, 0.05) is 32.2 Å². The molecule has 3 rings (SSSR count). The van der Waals surface area contributed by atoms with E-state index in [1.165, 1.54) is 21.9 Å². The van der Waals surface area contributed by atoms with Crippen LogP contribution in [0.1, 0.15) is 24.9 Å². The predicted molar refractivity (Wildman–Crippen MR) is 105 cm³/mol. The number of nitrogens with zero attached hydrogens (tertiary/aromatic N) is 1. The number of nitrogens with one attached hydrogen (secondary N) is 1. The lowest BCUT2D eigenvalue weighted by molar-refractivity contribution is 0.173. The van der Waals surface area contributed by atoms with Crippen LogP contribution in [0.25, 0.3) is 10.8 Å². The maximum atomic E-state index is 4.15. The first-order chi connectivity index (χ1) is 10.3. The van der Waals surface area contributed by atoms with Crippen molar-refractivity contribution in [3.8, 4) is 0 Å². The molecule has 2 nitrogen and oxygen atoms in total. The zero-order valence-corrected chi connectivity index (χ0v) is 15.3. The topological polar surface area (TPSA) is 15.3 Å². The molecule has 0 unspecified atom stereocenters. The first-order valence-electron chi connectivity index (χ1n) is 7.82. The number of fused-ring (bicyclic) bond motifs is 1. The van der Waals surface area contributed by atoms with Crippen LogP contribution in [-0.2, 0) is 0 Å². The van der Waals surface area contributed by atoms with Crippen molar-refractivity contribution in [2.24, 2.45) is 0 Å². The van der Waals surface area contributed by atoms with Crippen LogP contribution >= 0.6 is 24.8 Å². The molecule has 23 heavy (non-hydrogen) atoms. The fourth-order valence-electron chi connectivity index (χ4n) is 3.30. The van der Waals surface area contributed by atoms with Crippen LogP contribution < -0.4 is 5.32 Å². The smallest absolute Gasteiger partial charge is 0.0392 e. The van der Waals surface area contributed by atoms with Gasteiger partial charge in [0.25, 0.3) is 0 Å². The average molecular weight is 353 g/mol. The summed E-state index contributed by atoms with van der Waals surface area (Å²) in [4.78, 5) is 2.60. The normalized spacial score (nSPS) is 16.2. The van der Waals surface area contributed by atoms with Crippen molar-refractivity contribution in [3.05, 3.63) is 60.2 Å². The minimum Gasteiger partial charge on any atom is -0.314 e. The number of hydrogen-bond acceptors (Lipinski definition) is 2. The van der Waals surface area contributed by atoms with Crippen LogP contribution in [0.2, 0.25) is 0 Å². The number of piperazine rings is 1. The lowest BCUT2D eigenvalue weighted by Crippen LogP contribution is -2.45. The van der Waals surface area contributed by atoms with Gasteiger partial charge in [0.1, 0.15) is 0 Å². The van der Waals surface area contributed by atoms with Crippen LogP contribution in [0, 0.1) is 0 Å². The maximum Gasteiger partial charge on any atom is 0.0392 e. The molecule has 0 saturated carbocycles. The largest absolute Gasteiger partial charge is 0.314 e. The molecule has 0 aromatic heterocycles. The fraction of sp³-hybridized carbons (Fsp3) is 0.368. The van der Waals surface area contributed by atoms with Crippen molar-refractivity contribution in [2.75, 3.05) is 26.2 Å². The molecule has 2 aromatic rings. The van der Waals surface area contributed by atoms with Crippen LogP contribution in [0.3, 0.4) is 0 Å². The van der Waals surface area contributed by atoms with Gasteiger partial charge in [0.05, 0.1) is 0 Å². The van der Waals surface area contributed by atoms with Crippen molar-refractivity contribution in [2.45, 2.75) is 19.4 Å². The van der Waals surface area contributed by atoms with Gasteiger partial charge in [-0.3, -0.25) is 4.90 Å². The second kappa shape index (κ2) is 9.29. The van der Waals surface area contributed by atoms with E-state index >= 15 is 0 Å². The summed E-state index contributed by atoms with van der Waals surface area (Å²) in [6, 6.07) is 15.8. The number of halogens is 2. The molecule has 0 radical (unpaired) electrons. The minimum atomic E-state index is 0. The molecule has 1 aliphatic heterocycles. The van der Waals surface area contributed by atoms with Crippen molar-refractivity contribution >= 4 is 35.6 Å². The summed E-state index contributed by atoms with van der Waals surface area (Å²) < 4.78 is 0. The van der Waals surface area contributed by atoms with Crippen molar-refractivity contribution in [1.82, 2.24) is 10.2 Å². The van der Waals surface area contributed by atoms with Gasteiger partial charge in [0.2, 0.25) is 0 Å². The summed E-state index contributed by atoms with van der Waals surface area (Å²) in [7, 11) is 0. The van der Waals surface area contributed by atoms with E-state index in [1.807, 2.05) is 0 Å². The summed E-state index contributed by atoms with van der Waals surface area (Å²) in [6.45, 7) is 10.7. The van der Waals surface area contributed by atoms with E-state index < -0.39 is 0 Å². The highest BCUT2D eigenvalue weighted by atomic mass is 35.5. The van der Waals surface area contributed by atoms with E-state index in [4.69, 9.17) is 0 Å². The van der Waals surface area contributed by atoms with Crippen LogP contribution in [0.4, 0.5) is 0 Å². The zero-order chi connectivity index (χ0) is 14.7. The predicted octanol–water partition coefficient (Wildman–Crippen LogP) is 4.60. The van der Waals surface area contributed by atoms with Crippen molar-refractivity contribution in [1.29, 1.82) is 0 Å². The lowest BCUT2D eigenvalue weighted by Gasteiger charge is -2.36. The molecule has 4 heteroatoms. The molecule has 1 atom stereocenters. The van der Waals surface area contributed by atoms with E-state index in [2.05, 4.69) is 66.2 Å². The fourth-order valence-corrected chi connectivity index (χ4v) is 3.30. The third-order valence-electron chi connectivity index (χ3n) is 4.32. The Morgan fingerprint density at radius 1 is 1.09 bits per heavy atom. The molecule has 1 fully saturated rings. The van der Waals surface area contributed by atoms with E-state index in [0.29, 0.717) is 6.04 Å². The Labute approximate surface area is 151 Å². The standard InChI is InChI=1S/C19H24N2.2ClH/c1-15(2)14-19(21-12-10-20-11-13-21)18-9-5-7-16-6-3-4-8-17(16)18;;/h3-9,19-20H,1,10-14H2,2H3;2*1H/t19-;;/m1../s1. The Kier molecular flexibility index (Phi) is 8.07. The molecule has 2 aromatic carbocycles. The Balaban J connectivity index is 0.00000132. The molecule has 1 N–H and O–H groups in total. The van der Waals surface area contributed by atoms with Crippen LogP contribution in [0.15, 0.2) is 54.6 Å². The van der Waals surface area contributed by atoms with Gasteiger partial charge >= 0.3 is 0 Å². The van der Waals surface area contributed by atoms with Gasteiger partial charge in [0.15, 0.2) is 0 Å². The first-order valence-corrected chi connectivity index (χ1v) is 7.82. The number of hydrogen-bond donors (Lipinski definition) is 1. The van der Waals surface area contributed by atoms with Gasteiger partial charge in [-0.25, -0.2) is 0 Å². The SMILES string of the molecule is C=C(C)C[C@H](c1cccc2ccccc12)N1CCNCC1.Cl.Cl. The Morgan fingerprint density at radius 2 is 1.74 bits per heavy atom. The van der Waals surface area contributed by atoms with Gasteiger partial charge in [-0.2, -0.15) is 0 Å². The molecule has 1 heterocycles. The molecule has 126 valence electrons. The average Bonchev–Trinajstić information content (AvgIpc) is 2.53. The van der Waals surface area contributed by atoms with E-state index in [-0.39, 0.29) is 24.8 Å².